The summed E-state index contributed by atoms with van der Waals surface area (Å²) in [6, 6.07) is 5.81. The standard InChI is InChI=1S/C26H37ClN4O6/c1-26(2,3)23(24(34)28-11-5-12-30-14-16-37-17-15-30)29-22(33)18-21(32)25(35)31(36)13-4-6-19-7-9-20(27)10-8-19/h7-10,21,23,32,36H,5,11-18H2,1-3H3,(H,28,34)(H,29,33)/t21-,23?/m0/s1. The van der Waals surface area contributed by atoms with Crippen molar-refractivity contribution < 1.29 is 29.4 Å². The third kappa shape index (κ3) is 11.1. The van der Waals surface area contributed by atoms with Gasteiger partial charge in [-0.25, -0.2) is 5.06 Å². The van der Waals surface area contributed by atoms with Gasteiger partial charge in [0.15, 0.2) is 0 Å². The number of ether oxygens (including phenoxy) is 1. The van der Waals surface area contributed by atoms with Crippen molar-refractivity contribution in [2.45, 2.75) is 45.8 Å². The van der Waals surface area contributed by atoms with E-state index < -0.39 is 35.8 Å². The second-order valence-corrected chi connectivity index (χ2v) is 10.3. The maximum Gasteiger partial charge on any atom is 0.276 e. The number of rotatable bonds is 10. The molecule has 1 aromatic carbocycles. The molecule has 4 N–H and O–H groups in total. The molecule has 2 atom stereocenters. The van der Waals surface area contributed by atoms with Crippen LogP contribution in [-0.4, -0.2) is 96.1 Å². The highest BCUT2D eigenvalue weighted by molar-refractivity contribution is 6.30. The lowest BCUT2D eigenvalue weighted by atomic mass is 9.86. The zero-order valence-corrected chi connectivity index (χ0v) is 22.4. The fraction of sp³-hybridized carbons (Fsp3) is 0.577. The normalized spacial score (nSPS) is 15.6. The molecule has 3 amide bonds. The molecule has 1 saturated heterocycles. The van der Waals surface area contributed by atoms with Crippen LogP contribution >= 0.6 is 11.6 Å². The molecule has 204 valence electrons. The highest BCUT2D eigenvalue weighted by atomic mass is 35.5. The van der Waals surface area contributed by atoms with Crippen molar-refractivity contribution in [2.75, 3.05) is 45.9 Å². The maximum absolute atomic E-state index is 12.8. The molecule has 0 aromatic heterocycles. The average molecular weight is 537 g/mol. The zero-order chi connectivity index (χ0) is 27.4. The van der Waals surface area contributed by atoms with Gasteiger partial charge in [-0.05, 0) is 42.6 Å². The van der Waals surface area contributed by atoms with Crippen molar-refractivity contribution in [1.82, 2.24) is 20.6 Å². The monoisotopic (exact) mass is 536 g/mol. The Labute approximate surface area is 223 Å². The van der Waals surface area contributed by atoms with E-state index in [0.717, 1.165) is 26.1 Å². The van der Waals surface area contributed by atoms with Crippen LogP contribution in [0, 0.1) is 17.3 Å². The van der Waals surface area contributed by atoms with Gasteiger partial charge >= 0.3 is 0 Å². The van der Waals surface area contributed by atoms with Crippen molar-refractivity contribution in [1.29, 1.82) is 0 Å². The molecule has 0 saturated carbocycles. The minimum absolute atomic E-state index is 0.253. The summed E-state index contributed by atoms with van der Waals surface area (Å²) in [6.07, 6.45) is -1.64. The number of carbonyl (C=O) groups excluding carboxylic acids is 3. The van der Waals surface area contributed by atoms with Crippen molar-refractivity contribution in [2.24, 2.45) is 5.41 Å². The molecule has 10 nitrogen and oxygen atoms in total. The van der Waals surface area contributed by atoms with Crippen molar-refractivity contribution >= 4 is 29.3 Å². The van der Waals surface area contributed by atoms with Gasteiger partial charge in [-0.2, -0.15) is 0 Å². The number of aliphatic hydroxyl groups excluding tert-OH is 1. The molecule has 0 radical (unpaired) electrons. The van der Waals surface area contributed by atoms with Crippen LogP contribution in [0.3, 0.4) is 0 Å². The molecule has 1 aromatic rings. The van der Waals surface area contributed by atoms with E-state index in [4.69, 9.17) is 16.3 Å². The number of carbonyl (C=O) groups is 3. The molecule has 0 aliphatic carbocycles. The van der Waals surface area contributed by atoms with Crippen LogP contribution in [-0.2, 0) is 19.1 Å². The van der Waals surface area contributed by atoms with Gasteiger partial charge in [0.05, 0.1) is 19.6 Å². The summed E-state index contributed by atoms with van der Waals surface area (Å²) in [6.45, 7) is 9.52. The van der Waals surface area contributed by atoms with Gasteiger partial charge in [-0.1, -0.05) is 44.2 Å². The summed E-state index contributed by atoms with van der Waals surface area (Å²) in [5.74, 6) is 3.26. The first kappa shape index (κ1) is 30.5. The van der Waals surface area contributed by atoms with Gasteiger partial charge < -0.3 is 20.5 Å². The molecule has 1 heterocycles. The molecule has 1 unspecified atom stereocenters. The van der Waals surface area contributed by atoms with E-state index in [0.29, 0.717) is 30.3 Å². The number of aliphatic hydroxyl groups is 1. The van der Waals surface area contributed by atoms with Crippen molar-refractivity contribution in [3.63, 3.8) is 0 Å². The van der Waals surface area contributed by atoms with E-state index >= 15 is 0 Å². The second-order valence-electron chi connectivity index (χ2n) is 9.89. The van der Waals surface area contributed by atoms with E-state index in [1.54, 1.807) is 24.3 Å². The first-order chi connectivity index (χ1) is 17.5. The lowest BCUT2D eigenvalue weighted by Crippen LogP contribution is -2.54. The van der Waals surface area contributed by atoms with E-state index in [1.165, 1.54) is 0 Å². The SMILES string of the molecule is CC(C)(C)C(NC(=O)C[C@H](O)C(=O)N(O)CC#Cc1ccc(Cl)cc1)C(=O)NCCCN1CCOCC1. The molecule has 2 rings (SSSR count). The van der Waals surface area contributed by atoms with E-state index in [-0.39, 0.29) is 17.5 Å². The summed E-state index contributed by atoms with van der Waals surface area (Å²) < 4.78 is 5.33. The third-order valence-electron chi connectivity index (χ3n) is 5.71. The molecule has 11 heteroatoms. The Kier molecular flexibility index (Phi) is 12.3. The Morgan fingerprint density at radius 2 is 1.84 bits per heavy atom. The van der Waals surface area contributed by atoms with Crippen LogP contribution in [0.2, 0.25) is 5.02 Å². The Morgan fingerprint density at radius 3 is 2.46 bits per heavy atom. The van der Waals surface area contributed by atoms with Gasteiger partial charge in [-0.3, -0.25) is 24.5 Å². The van der Waals surface area contributed by atoms with Crippen LogP contribution in [0.4, 0.5) is 0 Å². The van der Waals surface area contributed by atoms with Gasteiger partial charge in [0, 0.05) is 30.2 Å². The Morgan fingerprint density at radius 1 is 1.19 bits per heavy atom. The Balaban J connectivity index is 1.81. The lowest BCUT2D eigenvalue weighted by Gasteiger charge is -2.31. The molecule has 1 aliphatic heterocycles. The van der Waals surface area contributed by atoms with Crippen LogP contribution in [0.25, 0.3) is 0 Å². The Hall–Kier alpha value is -2.68. The number of halogens is 1. The van der Waals surface area contributed by atoms with Gasteiger partial charge in [0.2, 0.25) is 11.8 Å². The maximum atomic E-state index is 12.8. The molecule has 37 heavy (non-hydrogen) atoms. The molecular formula is C26H37ClN4O6. The van der Waals surface area contributed by atoms with Gasteiger partial charge in [0.1, 0.15) is 18.7 Å². The van der Waals surface area contributed by atoms with Crippen molar-refractivity contribution in [3.8, 4) is 11.8 Å². The summed E-state index contributed by atoms with van der Waals surface area (Å²) in [5.41, 5.74) is 0.0249. The third-order valence-corrected chi connectivity index (χ3v) is 5.96. The van der Waals surface area contributed by atoms with Gasteiger partial charge in [-0.15, -0.1) is 0 Å². The number of hydrogen-bond acceptors (Lipinski definition) is 7. The molecule has 1 fully saturated rings. The summed E-state index contributed by atoms with van der Waals surface area (Å²) >= 11 is 5.81. The summed E-state index contributed by atoms with van der Waals surface area (Å²) in [5, 5.41) is 26.4. The Bertz CT molecular complexity index is 964. The summed E-state index contributed by atoms with van der Waals surface area (Å²) in [4.78, 5) is 39.9. The van der Waals surface area contributed by atoms with E-state index in [1.807, 2.05) is 20.8 Å². The smallest absolute Gasteiger partial charge is 0.276 e. The predicted octanol–water partition coefficient (Wildman–Crippen LogP) is 1.03. The first-order valence-electron chi connectivity index (χ1n) is 12.3. The van der Waals surface area contributed by atoms with Crippen LogP contribution in [0.1, 0.15) is 39.2 Å². The fourth-order valence-corrected chi connectivity index (χ4v) is 3.72. The molecular weight excluding hydrogens is 500 g/mol. The minimum Gasteiger partial charge on any atom is -0.383 e. The largest absolute Gasteiger partial charge is 0.383 e. The lowest BCUT2D eigenvalue weighted by molar-refractivity contribution is -0.173. The quantitative estimate of drug-likeness (QED) is 0.152. The highest BCUT2D eigenvalue weighted by Gasteiger charge is 2.34. The van der Waals surface area contributed by atoms with E-state index in [2.05, 4.69) is 27.4 Å². The highest BCUT2D eigenvalue weighted by Crippen LogP contribution is 2.20. The van der Waals surface area contributed by atoms with Crippen LogP contribution in [0.5, 0.6) is 0 Å². The predicted molar refractivity (Wildman–Crippen MR) is 139 cm³/mol. The van der Waals surface area contributed by atoms with Gasteiger partial charge in [0.25, 0.3) is 5.91 Å². The molecule has 0 spiro atoms. The van der Waals surface area contributed by atoms with Crippen molar-refractivity contribution in [3.05, 3.63) is 34.9 Å². The summed E-state index contributed by atoms with van der Waals surface area (Å²) in [7, 11) is 0. The second kappa shape index (κ2) is 14.9. The van der Waals surface area contributed by atoms with E-state index in [9.17, 15) is 24.7 Å². The topological polar surface area (TPSA) is 131 Å². The number of benzene rings is 1. The molecule has 1 aliphatic rings. The van der Waals surface area contributed by atoms with Crippen LogP contribution < -0.4 is 10.6 Å². The van der Waals surface area contributed by atoms with Crippen LogP contribution in [0.15, 0.2) is 24.3 Å². The molecule has 0 bridgehead atoms. The number of morpholine rings is 1. The minimum atomic E-state index is -1.79. The number of nitrogens with zero attached hydrogens (tertiary/aromatic N) is 2. The average Bonchev–Trinajstić information content (AvgIpc) is 2.85. The number of hydroxylamine groups is 2. The number of amides is 3. The number of nitrogens with one attached hydrogen (secondary N) is 2. The zero-order valence-electron chi connectivity index (χ0n) is 21.6. The fourth-order valence-electron chi connectivity index (χ4n) is 3.60. The number of hydrogen-bond donors (Lipinski definition) is 4. The first-order valence-corrected chi connectivity index (χ1v) is 12.6.